The third kappa shape index (κ3) is 3.06. The van der Waals surface area contributed by atoms with E-state index >= 15 is 0 Å². The standard InChI is InChI=1S/C12H15BrN2O/c13-11-4-2-1-3-9(11)5-6-10-7-14-8-12(16)15-10/h1-4,10,14H,5-8H2,(H,15,16). The summed E-state index contributed by atoms with van der Waals surface area (Å²) in [5.74, 6) is 0.100. The summed E-state index contributed by atoms with van der Waals surface area (Å²) in [6.45, 7) is 1.32. The smallest absolute Gasteiger partial charge is 0.234 e. The van der Waals surface area contributed by atoms with Crippen molar-refractivity contribution in [1.82, 2.24) is 10.6 Å². The molecule has 16 heavy (non-hydrogen) atoms. The van der Waals surface area contributed by atoms with Gasteiger partial charge in [0.2, 0.25) is 5.91 Å². The molecule has 0 bridgehead atoms. The van der Waals surface area contributed by atoms with Crippen molar-refractivity contribution in [3.05, 3.63) is 34.3 Å². The normalized spacial score (nSPS) is 20.6. The molecule has 1 aromatic carbocycles. The maximum absolute atomic E-state index is 11.2. The number of nitrogens with one attached hydrogen (secondary N) is 2. The summed E-state index contributed by atoms with van der Waals surface area (Å²) in [5.41, 5.74) is 1.29. The molecule has 1 amide bonds. The predicted molar refractivity (Wildman–Crippen MR) is 67.3 cm³/mol. The van der Waals surface area contributed by atoms with E-state index in [1.54, 1.807) is 0 Å². The largest absolute Gasteiger partial charge is 0.351 e. The molecule has 0 aromatic heterocycles. The van der Waals surface area contributed by atoms with Crippen LogP contribution in [0.1, 0.15) is 12.0 Å². The number of hydrogen-bond acceptors (Lipinski definition) is 2. The van der Waals surface area contributed by atoms with Gasteiger partial charge in [-0.1, -0.05) is 34.1 Å². The molecule has 86 valence electrons. The lowest BCUT2D eigenvalue weighted by atomic mass is 10.0. The Bertz CT molecular complexity index is 381. The third-order valence-electron chi connectivity index (χ3n) is 2.76. The van der Waals surface area contributed by atoms with Gasteiger partial charge in [-0.05, 0) is 24.5 Å². The molecule has 1 aromatic rings. The summed E-state index contributed by atoms with van der Waals surface area (Å²) in [6.07, 6.45) is 1.95. The van der Waals surface area contributed by atoms with Gasteiger partial charge in [-0.25, -0.2) is 0 Å². The first-order valence-electron chi connectivity index (χ1n) is 5.49. The maximum Gasteiger partial charge on any atom is 0.234 e. The summed E-state index contributed by atoms with van der Waals surface area (Å²) in [6, 6.07) is 8.47. The summed E-state index contributed by atoms with van der Waals surface area (Å²) in [4.78, 5) is 11.2. The number of carbonyl (C=O) groups is 1. The molecule has 0 aliphatic carbocycles. The van der Waals surface area contributed by atoms with Crippen molar-refractivity contribution >= 4 is 21.8 Å². The molecule has 4 heteroatoms. The van der Waals surface area contributed by atoms with Crippen LogP contribution in [0, 0.1) is 0 Å². The lowest BCUT2D eigenvalue weighted by molar-refractivity contribution is -0.122. The molecule has 1 saturated heterocycles. The van der Waals surface area contributed by atoms with Crippen LogP contribution >= 0.6 is 15.9 Å². The van der Waals surface area contributed by atoms with Gasteiger partial charge >= 0.3 is 0 Å². The van der Waals surface area contributed by atoms with E-state index in [1.165, 1.54) is 5.56 Å². The first-order chi connectivity index (χ1) is 7.75. The third-order valence-corrected chi connectivity index (χ3v) is 3.54. The van der Waals surface area contributed by atoms with Crippen LogP contribution in [-0.4, -0.2) is 25.0 Å². The molecular formula is C12H15BrN2O. The fourth-order valence-electron chi connectivity index (χ4n) is 1.89. The summed E-state index contributed by atoms with van der Waals surface area (Å²) in [5, 5.41) is 6.10. The zero-order chi connectivity index (χ0) is 11.4. The molecule has 3 nitrogen and oxygen atoms in total. The van der Waals surface area contributed by atoms with Gasteiger partial charge in [0.25, 0.3) is 0 Å². The van der Waals surface area contributed by atoms with E-state index in [9.17, 15) is 4.79 Å². The van der Waals surface area contributed by atoms with E-state index in [0.717, 1.165) is 23.9 Å². The number of aryl methyl sites for hydroxylation is 1. The minimum Gasteiger partial charge on any atom is -0.351 e. The second-order valence-corrected chi connectivity index (χ2v) is 4.88. The first kappa shape index (κ1) is 11.6. The molecular weight excluding hydrogens is 268 g/mol. The van der Waals surface area contributed by atoms with E-state index in [-0.39, 0.29) is 11.9 Å². The van der Waals surface area contributed by atoms with E-state index in [2.05, 4.69) is 32.6 Å². The van der Waals surface area contributed by atoms with Crippen molar-refractivity contribution < 1.29 is 4.79 Å². The highest BCUT2D eigenvalue weighted by atomic mass is 79.9. The van der Waals surface area contributed by atoms with Crippen molar-refractivity contribution in [3.8, 4) is 0 Å². The minimum absolute atomic E-state index is 0.100. The SMILES string of the molecule is O=C1CNCC(CCc2ccccc2Br)N1. The van der Waals surface area contributed by atoms with Gasteiger partial charge in [-0.15, -0.1) is 0 Å². The number of benzene rings is 1. The molecule has 1 fully saturated rings. The Morgan fingerprint density at radius 3 is 2.94 bits per heavy atom. The quantitative estimate of drug-likeness (QED) is 0.882. The maximum atomic E-state index is 11.2. The Kier molecular flexibility index (Phi) is 3.96. The number of hydrogen-bond donors (Lipinski definition) is 2. The second kappa shape index (κ2) is 5.46. The molecule has 2 rings (SSSR count). The molecule has 1 aliphatic rings. The Morgan fingerprint density at radius 1 is 1.38 bits per heavy atom. The monoisotopic (exact) mass is 282 g/mol. The van der Waals surface area contributed by atoms with E-state index in [4.69, 9.17) is 0 Å². The minimum atomic E-state index is 0.100. The molecule has 0 spiro atoms. The number of halogens is 1. The van der Waals surface area contributed by atoms with Crippen LogP contribution in [0.2, 0.25) is 0 Å². The van der Waals surface area contributed by atoms with Gasteiger partial charge < -0.3 is 10.6 Å². The highest BCUT2D eigenvalue weighted by Crippen LogP contribution is 2.18. The Morgan fingerprint density at radius 2 is 2.19 bits per heavy atom. The Balaban J connectivity index is 1.87. The van der Waals surface area contributed by atoms with Gasteiger partial charge in [-0.3, -0.25) is 4.79 Å². The van der Waals surface area contributed by atoms with Crippen LogP contribution in [0.25, 0.3) is 0 Å². The Labute approximate surface area is 104 Å². The molecule has 0 radical (unpaired) electrons. The van der Waals surface area contributed by atoms with Crippen molar-refractivity contribution in [1.29, 1.82) is 0 Å². The molecule has 1 heterocycles. The summed E-state index contributed by atoms with van der Waals surface area (Å²) in [7, 11) is 0. The van der Waals surface area contributed by atoms with Crippen LogP contribution in [0.3, 0.4) is 0 Å². The number of rotatable bonds is 3. The van der Waals surface area contributed by atoms with Crippen LogP contribution < -0.4 is 10.6 Å². The Hall–Kier alpha value is -0.870. The predicted octanol–water partition coefficient (Wildman–Crippen LogP) is 1.47. The second-order valence-electron chi connectivity index (χ2n) is 4.03. The average molecular weight is 283 g/mol. The molecule has 1 aliphatic heterocycles. The fourth-order valence-corrected chi connectivity index (χ4v) is 2.38. The van der Waals surface area contributed by atoms with E-state index < -0.39 is 0 Å². The van der Waals surface area contributed by atoms with Crippen molar-refractivity contribution in [2.45, 2.75) is 18.9 Å². The van der Waals surface area contributed by atoms with Gasteiger partial charge in [0, 0.05) is 17.1 Å². The van der Waals surface area contributed by atoms with Crippen molar-refractivity contribution in [2.75, 3.05) is 13.1 Å². The molecule has 1 unspecified atom stereocenters. The zero-order valence-corrected chi connectivity index (χ0v) is 10.6. The van der Waals surface area contributed by atoms with Gasteiger partial charge in [0.1, 0.15) is 0 Å². The summed E-state index contributed by atoms with van der Waals surface area (Å²) >= 11 is 3.53. The van der Waals surface area contributed by atoms with Crippen molar-refractivity contribution in [3.63, 3.8) is 0 Å². The van der Waals surface area contributed by atoms with E-state index in [1.807, 2.05) is 18.2 Å². The average Bonchev–Trinajstić information content (AvgIpc) is 2.28. The highest BCUT2D eigenvalue weighted by molar-refractivity contribution is 9.10. The van der Waals surface area contributed by atoms with Crippen LogP contribution in [0.4, 0.5) is 0 Å². The van der Waals surface area contributed by atoms with Gasteiger partial charge in [-0.2, -0.15) is 0 Å². The van der Waals surface area contributed by atoms with E-state index in [0.29, 0.717) is 6.54 Å². The lowest BCUT2D eigenvalue weighted by Crippen LogP contribution is -2.52. The topological polar surface area (TPSA) is 41.1 Å². The molecule has 2 N–H and O–H groups in total. The van der Waals surface area contributed by atoms with Crippen molar-refractivity contribution in [2.24, 2.45) is 0 Å². The number of amides is 1. The number of carbonyl (C=O) groups excluding carboxylic acids is 1. The summed E-state index contributed by atoms with van der Waals surface area (Å²) < 4.78 is 1.14. The lowest BCUT2D eigenvalue weighted by Gasteiger charge is -2.24. The molecule has 0 saturated carbocycles. The molecule has 1 atom stereocenters. The van der Waals surface area contributed by atoms with Gasteiger partial charge in [0.05, 0.1) is 6.54 Å². The van der Waals surface area contributed by atoms with Crippen LogP contribution in [0.15, 0.2) is 28.7 Å². The number of piperazine rings is 1. The van der Waals surface area contributed by atoms with Crippen LogP contribution in [-0.2, 0) is 11.2 Å². The highest BCUT2D eigenvalue weighted by Gasteiger charge is 2.17. The van der Waals surface area contributed by atoms with Gasteiger partial charge in [0.15, 0.2) is 0 Å². The fraction of sp³-hybridized carbons (Fsp3) is 0.417. The zero-order valence-electron chi connectivity index (χ0n) is 9.00. The van der Waals surface area contributed by atoms with Crippen LogP contribution in [0.5, 0.6) is 0 Å². The first-order valence-corrected chi connectivity index (χ1v) is 6.28.